The highest BCUT2D eigenvalue weighted by Gasteiger charge is 2.45. The summed E-state index contributed by atoms with van der Waals surface area (Å²) in [6, 6.07) is 18.7. The van der Waals surface area contributed by atoms with Crippen molar-refractivity contribution in [1.29, 1.82) is 0 Å². The molecule has 0 fully saturated rings. The van der Waals surface area contributed by atoms with Crippen LogP contribution in [0.2, 0.25) is 0 Å². The molecule has 1 unspecified atom stereocenters. The number of benzene rings is 2. The highest BCUT2D eigenvalue weighted by Crippen LogP contribution is 2.42. The number of likely N-dealkylation sites (N-methyl/N-ethyl adjacent to an activating group) is 1. The summed E-state index contributed by atoms with van der Waals surface area (Å²) in [6.45, 7) is 2.12. The van der Waals surface area contributed by atoms with Crippen LogP contribution in [0.3, 0.4) is 0 Å². The molecule has 0 aromatic heterocycles. The SMILES string of the molecule is CCCC1(c2ccc(-c3ccccc3)cc2)NC(SC)=C(C(=O)O)N1C. The van der Waals surface area contributed by atoms with Crippen molar-refractivity contribution in [2.75, 3.05) is 13.3 Å². The molecular weight excluding hydrogens is 344 g/mol. The number of aliphatic carboxylic acids is 1. The molecule has 136 valence electrons. The molecule has 1 heterocycles. The standard InChI is InChI=1S/C21H24N2O2S/c1-4-14-21(22-19(26-3)18(20(24)25)23(21)2)17-12-10-16(11-13-17)15-8-6-5-7-9-15/h5-13,22H,4,14H2,1-3H3,(H,24,25). The average molecular weight is 369 g/mol. The van der Waals surface area contributed by atoms with E-state index < -0.39 is 11.6 Å². The van der Waals surface area contributed by atoms with Crippen molar-refractivity contribution in [3.63, 3.8) is 0 Å². The van der Waals surface area contributed by atoms with E-state index in [2.05, 4.69) is 48.6 Å². The van der Waals surface area contributed by atoms with Gasteiger partial charge in [0.15, 0.2) is 5.70 Å². The summed E-state index contributed by atoms with van der Waals surface area (Å²) < 4.78 is 0. The first kappa shape index (κ1) is 18.4. The highest BCUT2D eigenvalue weighted by atomic mass is 32.2. The summed E-state index contributed by atoms with van der Waals surface area (Å²) in [5.74, 6) is -0.900. The molecule has 5 heteroatoms. The van der Waals surface area contributed by atoms with Gasteiger partial charge < -0.3 is 15.3 Å². The summed E-state index contributed by atoms with van der Waals surface area (Å²) in [5.41, 5.74) is 3.20. The first-order valence-electron chi connectivity index (χ1n) is 8.73. The molecule has 0 amide bonds. The maximum absolute atomic E-state index is 11.8. The van der Waals surface area contributed by atoms with Crippen LogP contribution in [0, 0.1) is 0 Å². The van der Waals surface area contributed by atoms with E-state index in [9.17, 15) is 9.90 Å². The van der Waals surface area contributed by atoms with E-state index >= 15 is 0 Å². The van der Waals surface area contributed by atoms with Gasteiger partial charge in [-0.3, -0.25) is 0 Å². The maximum Gasteiger partial charge on any atom is 0.354 e. The highest BCUT2D eigenvalue weighted by molar-refractivity contribution is 8.02. The second-order valence-corrected chi connectivity index (χ2v) is 7.24. The van der Waals surface area contributed by atoms with Gasteiger partial charge in [-0.2, -0.15) is 0 Å². The van der Waals surface area contributed by atoms with Gasteiger partial charge in [-0.25, -0.2) is 4.79 Å². The number of carbonyl (C=O) groups is 1. The van der Waals surface area contributed by atoms with Crippen LogP contribution in [0.4, 0.5) is 0 Å². The zero-order valence-electron chi connectivity index (χ0n) is 15.3. The second-order valence-electron chi connectivity index (χ2n) is 6.42. The minimum atomic E-state index is -0.900. The smallest absolute Gasteiger partial charge is 0.354 e. The van der Waals surface area contributed by atoms with Crippen LogP contribution in [0.1, 0.15) is 25.3 Å². The van der Waals surface area contributed by atoms with Crippen LogP contribution in [0.5, 0.6) is 0 Å². The van der Waals surface area contributed by atoms with Crippen molar-refractivity contribution < 1.29 is 9.90 Å². The lowest BCUT2D eigenvalue weighted by Crippen LogP contribution is -2.48. The van der Waals surface area contributed by atoms with Gasteiger partial charge >= 0.3 is 5.97 Å². The van der Waals surface area contributed by atoms with E-state index in [0.717, 1.165) is 24.0 Å². The third-order valence-corrected chi connectivity index (χ3v) is 5.64. The number of hydrogen-bond acceptors (Lipinski definition) is 4. The molecule has 0 aliphatic carbocycles. The Hall–Kier alpha value is -2.40. The van der Waals surface area contributed by atoms with Gasteiger partial charge in [0.1, 0.15) is 10.7 Å². The molecule has 2 N–H and O–H groups in total. The minimum Gasteiger partial charge on any atom is -0.476 e. The molecule has 1 aliphatic heterocycles. The monoisotopic (exact) mass is 368 g/mol. The fraction of sp³-hybridized carbons (Fsp3) is 0.286. The average Bonchev–Trinajstić information content (AvgIpc) is 2.96. The van der Waals surface area contributed by atoms with Crippen molar-refractivity contribution in [3.8, 4) is 11.1 Å². The number of nitrogens with zero attached hydrogens (tertiary/aromatic N) is 1. The maximum atomic E-state index is 11.8. The zero-order valence-corrected chi connectivity index (χ0v) is 16.1. The Bertz CT molecular complexity index is 818. The molecule has 0 radical (unpaired) electrons. The van der Waals surface area contributed by atoms with Crippen LogP contribution in [-0.2, 0) is 10.5 Å². The normalized spacial score (nSPS) is 19.6. The van der Waals surface area contributed by atoms with E-state index in [4.69, 9.17) is 0 Å². The lowest BCUT2D eigenvalue weighted by Gasteiger charge is -2.39. The van der Waals surface area contributed by atoms with Crippen LogP contribution in [-0.4, -0.2) is 29.3 Å². The van der Waals surface area contributed by atoms with Gasteiger partial charge in [-0.15, -0.1) is 11.8 Å². The Morgan fingerprint density at radius 2 is 1.73 bits per heavy atom. The van der Waals surface area contributed by atoms with E-state index in [-0.39, 0.29) is 0 Å². The van der Waals surface area contributed by atoms with Crippen LogP contribution >= 0.6 is 11.8 Å². The molecule has 2 aromatic rings. The summed E-state index contributed by atoms with van der Waals surface area (Å²) in [4.78, 5) is 13.7. The van der Waals surface area contributed by atoms with Crippen LogP contribution in [0.25, 0.3) is 11.1 Å². The molecule has 0 spiro atoms. The largest absolute Gasteiger partial charge is 0.476 e. The van der Waals surface area contributed by atoms with Gasteiger partial charge in [0, 0.05) is 7.05 Å². The Balaban J connectivity index is 2.00. The van der Waals surface area contributed by atoms with Crippen molar-refractivity contribution in [2.24, 2.45) is 0 Å². The molecule has 0 saturated carbocycles. The summed E-state index contributed by atoms with van der Waals surface area (Å²) >= 11 is 1.44. The molecule has 2 aromatic carbocycles. The molecule has 26 heavy (non-hydrogen) atoms. The van der Waals surface area contributed by atoms with Crippen molar-refractivity contribution in [3.05, 3.63) is 70.9 Å². The molecule has 0 saturated heterocycles. The van der Waals surface area contributed by atoms with E-state index in [0.29, 0.717) is 10.7 Å². The van der Waals surface area contributed by atoms with E-state index in [1.54, 1.807) is 0 Å². The number of rotatable bonds is 6. The topological polar surface area (TPSA) is 52.6 Å². The minimum absolute atomic E-state index is 0.332. The quantitative estimate of drug-likeness (QED) is 0.788. The third-order valence-electron chi connectivity index (χ3n) is 4.93. The lowest BCUT2D eigenvalue weighted by molar-refractivity contribution is -0.134. The van der Waals surface area contributed by atoms with E-state index in [1.165, 1.54) is 17.3 Å². The first-order chi connectivity index (χ1) is 12.5. The number of hydrogen-bond donors (Lipinski definition) is 2. The summed E-state index contributed by atoms with van der Waals surface area (Å²) in [5, 5.41) is 13.9. The van der Waals surface area contributed by atoms with Gasteiger partial charge in [0.25, 0.3) is 0 Å². The molecule has 4 nitrogen and oxygen atoms in total. The van der Waals surface area contributed by atoms with E-state index in [1.807, 2.05) is 36.4 Å². The van der Waals surface area contributed by atoms with Crippen molar-refractivity contribution >= 4 is 17.7 Å². The Morgan fingerprint density at radius 3 is 2.23 bits per heavy atom. The van der Waals surface area contributed by atoms with Gasteiger partial charge in [-0.05, 0) is 29.4 Å². The Kier molecular flexibility index (Phi) is 5.28. The Morgan fingerprint density at radius 1 is 1.12 bits per heavy atom. The predicted octanol–water partition coefficient (Wildman–Crippen LogP) is 4.46. The molecular formula is C21H24N2O2S. The fourth-order valence-corrected chi connectivity index (χ4v) is 4.32. The molecule has 0 bridgehead atoms. The van der Waals surface area contributed by atoms with Crippen LogP contribution in [0.15, 0.2) is 65.3 Å². The van der Waals surface area contributed by atoms with Gasteiger partial charge in [0.2, 0.25) is 0 Å². The van der Waals surface area contributed by atoms with Crippen molar-refractivity contribution in [1.82, 2.24) is 10.2 Å². The number of carboxylic acid groups (broad SMARTS) is 1. The Labute approximate surface area is 158 Å². The van der Waals surface area contributed by atoms with Crippen molar-refractivity contribution in [2.45, 2.75) is 25.4 Å². The number of thioether (sulfide) groups is 1. The molecule has 3 rings (SSSR count). The number of carboxylic acids is 1. The van der Waals surface area contributed by atoms with Gasteiger partial charge in [-0.1, -0.05) is 67.9 Å². The molecule has 1 atom stereocenters. The lowest BCUT2D eigenvalue weighted by atomic mass is 9.92. The van der Waals surface area contributed by atoms with Crippen LogP contribution < -0.4 is 5.32 Å². The molecule has 1 aliphatic rings. The third kappa shape index (κ3) is 3.07. The first-order valence-corrected chi connectivity index (χ1v) is 9.95. The van der Waals surface area contributed by atoms with Gasteiger partial charge in [0.05, 0.1) is 0 Å². The zero-order chi connectivity index (χ0) is 18.7. The second kappa shape index (κ2) is 7.46. The summed E-state index contributed by atoms with van der Waals surface area (Å²) in [6.07, 6.45) is 3.65. The number of nitrogens with one attached hydrogen (secondary N) is 1. The summed E-state index contributed by atoms with van der Waals surface area (Å²) in [7, 11) is 1.86. The fourth-order valence-electron chi connectivity index (χ4n) is 3.63. The predicted molar refractivity (Wildman–Crippen MR) is 108 cm³/mol.